The molecule has 2 rings (SSSR count). The molecule has 0 saturated heterocycles. The largest absolute Gasteiger partial charge is 1.00 e. The van der Waals surface area contributed by atoms with Crippen LogP contribution in [0.5, 0.6) is 0 Å². The first-order valence-electron chi connectivity index (χ1n) is 8.28. The first kappa shape index (κ1) is 20.9. The first-order chi connectivity index (χ1) is 11.2. The minimum absolute atomic E-state index is 0. The van der Waals surface area contributed by atoms with Crippen LogP contribution in [-0.2, 0) is 10.5 Å². The Morgan fingerprint density at radius 2 is 1.96 bits per heavy atom. The Morgan fingerprint density at radius 1 is 1.21 bits per heavy atom. The first-order valence-corrected chi connectivity index (χ1v) is 9.44. The summed E-state index contributed by atoms with van der Waals surface area (Å²) in [6, 6.07) is 7.84. The lowest BCUT2D eigenvalue weighted by Crippen LogP contribution is -3.11. The summed E-state index contributed by atoms with van der Waals surface area (Å²) in [5.74, 6) is 1.98. The summed E-state index contributed by atoms with van der Waals surface area (Å²) in [4.78, 5) is 13.5. The zero-order chi connectivity index (χ0) is 16.7. The number of esters is 1. The fourth-order valence-electron chi connectivity index (χ4n) is 2.47. The van der Waals surface area contributed by atoms with Crippen molar-refractivity contribution in [3.63, 3.8) is 0 Å². The molecule has 0 atom stereocenters. The summed E-state index contributed by atoms with van der Waals surface area (Å²) in [7, 11) is 0. The molecule has 0 aliphatic heterocycles. The molecule has 0 saturated carbocycles. The zero-order valence-corrected chi connectivity index (χ0v) is 16.1. The number of fused-ring (bicyclic) bond motifs is 1. The maximum Gasteiger partial charge on any atom is 0.374 e. The van der Waals surface area contributed by atoms with Crippen LogP contribution in [0.25, 0.3) is 11.0 Å². The highest BCUT2D eigenvalue weighted by atomic mass is 35.5. The molecule has 0 radical (unpaired) electrons. The van der Waals surface area contributed by atoms with E-state index in [1.807, 2.05) is 23.9 Å². The molecule has 2 aromatic rings. The van der Waals surface area contributed by atoms with Gasteiger partial charge in [-0.05, 0) is 43.4 Å². The summed E-state index contributed by atoms with van der Waals surface area (Å²) in [6.07, 6.45) is 0. The smallest absolute Gasteiger partial charge is 0.374 e. The Kier molecular flexibility index (Phi) is 9.26. The Labute approximate surface area is 154 Å². The zero-order valence-electron chi connectivity index (χ0n) is 14.6. The molecule has 0 bridgehead atoms. The second kappa shape index (κ2) is 10.6. The summed E-state index contributed by atoms with van der Waals surface area (Å²) >= 11 is 1.88. The third-order valence-corrected chi connectivity index (χ3v) is 4.89. The lowest BCUT2D eigenvalue weighted by molar-refractivity contribution is -0.896. The Balaban J connectivity index is 0.00000288. The van der Waals surface area contributed by atoms with Crippen LogP contribution in [0, 0.1) is 0 Å². The van der Waals surface area contributed by atoms with Gasteiger partial charge >= 0.3 is 5.97 Å². The van der Waals surface area contributed by atoms with Crippen molar-refractivity contribution in [3.8, 4) is 0 Å². The van der Waals surface area contributed by atoms with Crippen LogP contribution in [0.3, 0.4) is 0 Å². The highest BCUT2D eigenvalue weighted by molar-refractivity contribution is 7.98. The van der Waals surface area contributed by atoms with E-state index in [4.69, 9.17) is 9.15 Å². The molecule has 0 spiro atoms. The maximum atomic E-state index is 12.1. The molecule has 1 N–H and O–H groups in total. The number of halogens is 1. The van der Waals surface area contributed by atoms with Crippen molar-refractivity contribution in [1.29, 1.82) is 0 Å². The van der Waals surface area contributed by atoms with Gasteiger partial charge in [-0.3, -0.25) is 0 Å². The highest BCUT2D eigenvalue weighted by Crippen LogP contribution is 2.23. The number of hydrogen-bond donors (Lipinski definition) is 1. The number of rotatable bonds is 9. The van der Waals surface area contributed by atoms with Crippen LogP contribution in [0.15, 0.2) is 28.7 Å². The van der Waals surface area contributed by atoms with Crippen molar-refractivity contribution >= 4 is 28.7 Å². The van der Waals surface area contributed by atoms with Gasteiger partial charge in [-0.1, -0.05) is 13.0 Å². The van der Waals surface area contributed by atoms with Crippen molar-refractivity contribution < 1.29 is 31.3 Å². The predicted octanol–water partition coefficient (Wildman–Crippen LogP) is -0.229. The number of thioether (sulfide) groups is 1. The monoisotopic (exact) mass is 371 g/mol. The number of benzene rings is 1. The van der Waals surface area contributed by atoms with E-state index < -0.39 is 0 Å². The summed E-state index contributed by atoms with van der Waals surface area (Å²) in [5, 5.41) is 0.959. The molecule has 0 unspecified atom stereocenters. The quantitative estimate of drug-likeness (QED) is 0.618. The van der Waals surface area contributed by atoms with Crippen molar-refractivity contribution in [2.75, 3.05) is 32.0 Å². The number of likely N-dealkylation sites (N-methyl/N-ethyl adjacent to an activating group) is 1. The second-order valence-corrected chi connectivity index (χ2v) is 6.74. The molecule has 0 aliphatic carbocycles. The summed E-state index contributed by atoms with van der Waals surface area (Å²) in [5.41, 5.74) is 1.98. The average Bonchev–Trinajstić information content (AvgIpc) is 3.00. The highest BCUT2D eigenvalue weighted by Gasteiger charge is 2.15. The number of hydrogen-bond acceptors (Lipinski definition) is 4. The van der Waals surface area contributed by atoms with Crippen molar-refractivity contribution in [2.24, 2.45) is 0 Å². The number of carbonyl (C=O) groups excluding carboxylic acids is 1. The van der Waals surface area contributed by atoms with Crippen molar-refractivity contribution in [2.45, 2.75) is 26.5 Å². The average molecular weight is 372 g/mol. The molecule has 134 valence electrons. The van der Waals surface area contributed by atoms with E-state index in [9.17, 15) is 4.79 Å². The van der Waals surface area contributed by atoms with E-state index in [0.717, 1.165) is 42.1 Å². The number of quaternary nitrogens is 1. The third kappa shape index (κ3) is 5.72. The van der Waals surface area contributed by atoms with E-state index >= 15 is 0 Å². The van der Waals surface area contributed by atoms with Gasteiger partial charge in [0.15, 0.2) is 0 Å². The van der Waals surface area contributed by atoms with E-state index in [0.29, 0.717) is 6.61 Å². The molecular formula is C18H26ClNO3S. The fraction of sp³-hybridized carbons (Fsp3) is 0.500. The van der Waals surface area contributed by atoms with Crippen LogP contribution in [0.4, 0.5) is 0 Å². The summed E-state index contributed by atoms with van der Waals surface area (Å²) in [6.45, 7) is 9.74. The Hall–Kier alpha value is -1.17. The van der Waals surface area contributed by atoms with Crippen molar-refractivity contribution in [3.05, 3.63) is 35.6 Å². The standard InChI is InChI=1S/C18H25NO3S.ClH/c1-4-19(5-2)9-10-21-18(20)17-12-15-11-14(13-23-6-3)7-8-16(15)22-17;/h7-8,11-12H,4-6,9-10,13H2,1-3H3;1H. The predicted molar refractivity (Wildman–Crippen MR) is 95.2 cm³/mol. The van der Waals surface area contributed by atoms with Gasteiger partial charge in [-0.15, -0.1) is 0 Å². The maximum absolute atomic E-state index is 12.1. The van der Waals surface area contributed by atoms with Crippen LogP contribution >= 0.6 is 11.8 Å². The van der Waals surface area contributed by atoms with Gasteiger partial charge in [0.2, 0.25) is 5.76 Å². The second-order valence-electron chi connectivity index (χ2n) is 5.46. The van der Waals surface area contributed by atoms with Gasteiger partial charge in [0.25, 0.3) is 0 Å². The van der Waals surface area contributed by atoms with Gasteiger partial charge < -0.3 is 26.5 Å². The molecule has 0 amide bonds. The van der Waals surface area contributed by atoms with Crippen LogP contribution < -0.4 is 17.3 Å². The molecule has 6 heteroatoms. The minimum atomic E-state index is -0.378. The SMILES string of the molecule is CCSCc1ccc2oc(C(=O)OCC[NH+](CC)CC)cc2c1.[Cl-]. The summed E-state index contributed by atoms with van der Waals surface area (Å²) < 4.78 is 10.9. The fourth-order valence-corrected chi connectivity index (χ4v) is 3.09. The van der Waals surface area contributed by atoms with Crippen molar-refractivity contribution in [1.82, 2.24) is 0 Å². The number of ether oxygens (including phenoxy) is 1. The van der Waals surface area contributed by atoms with Gasteiger partial charge in [0.1, 0.15) is 18.7 Å². The molecular weight excluding hydrogens is 346 g/mol. The normalized spacial score (nSPS) is 10.8. The molecule has 24 heavy (non-hydrogen) atoms. The van der Waals surface area contributed by atoms with E-state index in [-0.39, 0.29) is 24.1 Å². The van der Waals surface area contributed by atoms with Crippen LogP contribution in [0.2, 0.25) is 0 Å². The molecule has 1 aromatic carbocycles. The van der Waals surface area contributed by atoms with Gasteiger partial charge in [0.05, 0.1) is 13.1 Å². The van der Waals surface area contributed by atoms with Gasteiger partial charge in [-0.25, -0.2) is 4.79 Å². The third-order valence-electron chi connectivity index (χ3n) is 3.94. The molecule has 1 aromatic heterocycles. The van der Waals surface area contributed by atoms with Crippen LogP contribution in [-0.4, -0.2) is 38.0 Å². The van der Waals surface area contributed by atoms with Crippen LogP contribution in [0.1, 0.15) is 36.9 Å². The molecule has 0 fully saturated rings. The van der Waals surface area contributed by atoms with Gasteiger partial charge in [-0.2, -0.15) is 11.8 Å². The lowest BCUT2D eigenvalue weighted by Gasteiger charge is -2.14. The molecule has 1 heterocycles. The Morgan fingerprint density at radius 3 is 2.62 bits per heavy atom. The minimum Gasteiger partial charge on any atom is -1.00 e. The van der Waals surface area contributed by atoms with E-state index in [1.165, 1.54) is 10.5 Å². The van der Waals surface area contributed by atoms with E-state index in [2.05, 4.69) is 26.8 Å². The van der Waals surface area contributed by atoms with Gasteiger partial charge in [0, 0.05) is 11.1 Å². The topological polar surface area (TPSA) is 43.9 Å². The van der Waals surface area contributed by atoms with E-state index in [1.54, 1.807) is 6.07 Å². The molecule has 0 aliphatic rings. The number of nitrogens with one attached hydrogen (secondary N) is 1. The number of carbonyl (C=O) groups is 1. The molecule has 4 nitrogen and oxygen atoms in total. The lowest BCUT2D eigenvalue weighted by atomic mass is 10.2. The number of furan rings is 1. The Bertz CT molecular complexity index is 640.